The van der Waals surface area contributed by atoms with Gasteiger partial charge in [-0.15, -0.1) is 0 Å². The van der Waals surface area contributed by atoms with Gasteiger partial charge in [0.2, 0.25) is 0 Å². The van der Waals surface area contributed by atoms with Crippen molar-refractivity contribution in [2.75, 3.05) is 19.7 Å². The first-order valence-electron chi connectivity index (χ1n) is 10.5. The van der Waals surface area contributed by atoms with Crippen molar-refractivity contribution in [1.29, 1.82) is 0 Å². The van der Waals surface area contributed by atoms with E-state index in [1.807, 2.05) is 6.07 Å². The molecule has 3 aromatic rings. The van der Waals surface area contributed by atoms with Crippen LogP contribution in [-0.4, -0.2) is 34.7 Å². The molecule has 3 heteroatoms. The van der Waals surface area contributed by atoms with Crippen molar-refractivity contribution in [3.8, 4) is 0 Å². The van der Waals surface area contributed by atoms with Gasteiger partial charge in [0.15, 0.2) is 0 Å². The number of nitrogens with zero attached hydrogens (tertiary/aromatic N) is 2. The van der Waals surface area contributed by atoms with Crippen molar-refractivity contribution >= 4 is 10.9 Å². The quantitative estimate of drug-likeness (QED) is 0.643. The lowest BCUT2D eigenvalue weighted by Gasteiger charge is -2.42. The molecule has 4 rings (SSSR count). The Labute approximate surface area is 168 Å². The lowest BCUT2D eigenvalue weighted by Crippen LogP contribution is -2.45. The molecule has 1 aliphatic heterocycles. The Hall–Kier alpha value is -2.23. The third-order valence-corrected chi connectivity index (χ3v) is 6.13. The zero-order chi connectivity index (χ0) is 19.2. The van der Waals surface area contributed by atoms with Gasteiger partial charge in [0.25, 0.3) is 0 Å². The maximum absolute atomic E-state index is 10.2. The van der Waals surface area contributed by atoms with Gasteiger partial charge < -0.3 is 5.11 Å². The van der Waals surface area contributed by atoms with Crippen LogP contribution in [0.15, 0.2) is 66.7 Å². The van der Waals surface area contributed by atoms with Gasteiger partial charge in [-0.3, -0.25) is 9.88 Å². The predicted molar refractivity (Wildman–Crippen MR) is 115 cm³/mol. The van der Waals surface area contributed by atoms with Gasteiger partial charge in [0.05, 0.1) is 11.2 Å². The first kappa shape index (κ1) is 19.1. The van der Waals surface area contributed by atoms with Gasteiger partial charge in [0.1, 0.15) is 0 Å². The fraction of sp³-hybridized carbons (Fsp3) is 0.400. The van der Waals surface area contributed by atoms with Gasteiger partial charge in [-0.25, -0.2) is 0 Å². The van der Waals surface area contributed by atoms with Gasteiger partial charge in [-0.1, -0.05) is 54.6 Å². The van der Waals surface area contributed by atoms with E-state index in [9.17, 15) is 5.11 Å². The SMILES string of the molecule is OCC1(CCCc2ccccc2)CCCN(Cc2ccc3ccccc3n2)C1. The molecule has 1 atom stereocenters. The zero-order valence-electron chi connectivity index (χ0n) is 16.6. The minimum atomic E-state index is 0.0316. The van der Waals surface area contributed by atoms with Crippen LogP contribution in [0.4, 0.5) is 0 Å². The summed E-state index contributed by atoms with van der Waals surface area (Å²) in [5.41, 5.74) is 3.61. The van der Waals surface area contributed by atoms with Crippen molar-refractivity contribution in [3.63, 3.8) is 0 Å². The smallest absolute Gasteiger partial charge is 0.0705 e. The maximum atomic E-state index is 10.2. The Morgan fingerprint density at radius 1 is 0.964 bits per heavy atom. The molecule has 2 heterocycles. The van der Waals surface area contributed by atoms with E-state index in [0.717, 1.165) is 62.9 Å². The van der Waals surface area contributed by atoms with Crippen molar-refractivity contribution < 1.29 is 5.11 Å². The summed E-state index contributed by atoms with van der Waals surface area (Å²) in [6.07, 6.45) is 5.58. The normalized spacial score (nSPS) is 20.5. The summed E-state index contributed by atoms with van der Waals surface area (Å²) in [6.45, 7) is 3.20. The molecule has 28 heavy (non-hydrogen) atoms. The van der Waals surface area contributed by atoms with E-state index in [4.69, 9.17) is 4.98 Å². The molecule has 3 nitrogen and oxygen atoms in total. The molecule has 2 aromatic carbocycles. The van der Waals surface area contributed by atoms with E-state index in [-0.39, 0.29) is 12.0 Å². The summed E-state index contributed by atoms with van der Waals surface area (Å²) in [7, 11) is 0. The van der Waals surface area contributed by atoms with Crippen molar-refractivity contribution in [2.24, 2.45) is 5.41 Å². The van der Waals surface area contributed by atoms with E-state index in [2.05, 4.69) is 65.6 Å². The molecule has 1 saturated heterocycles. The van der Waals surface area contributed by atoms with E-state index in [0.29, 0.717) is 0 Å². The molecule has 1 aliphatic rings. The van der Waals surface area contributed by atoms with Crippen LogP contribution in [0, 0.1) is 5.41 Å². The molecule has 146 valence electrons. The molecule has 0 saturated carbocycles. The fourth-order valence-electron chi connectivity index (χ4n) is 4.59. The van der Waals surface area contributed by atoms with Crippen molar-refractivity contribution in [2.45, 2.75) is 38.6 Å². The summed E-state index contributed by atoms with van der Waals surface area (Å²) in [4.78, 5) is 7.33. The lowest BCUT2D eigenvalue weighted by molar-refractivity contribution is 0.0203. The highest BCUT2D eigenvalue weighted by Gasteiger charge is 2.34. The molecule has 1 fully saturated rings. The number of piperidine rings is 1. The molecule has 0 bridgehead atoms. The van der Waals surface area contributed by atoms with Crippen LogP contribution in [0.1, 0.15) is 36.9 Å². The molecular formula is C25H30N2O. The number of hydrogen-bond acceptors (Lipinski definition) is 3. The number of aromatic nitrogens is 1. The van der Waals surface area contributed by atoms with E-state index >= 15 is 0 Å². The summed E-state index contributed by atoms with van der Waals surface area (Å²) in [6, 6.07) is 23.3. The lowest BCUT2D eigenvalue weighted by atomic mass is 9.76. The number of pyridine rings is 1. The minimum absolute atomic E-state index is 0.0316. The summed E-state index contributed by atoms with van der Waals surface area (Å²) >= 11 is 0. The van der Waals surface area contributed by atoms with E-state index in [1.54, 1.807) is 0 Å². The molecule has 1 aromatic heterocycles. The Balaban J connectivity index is 1.38. The third-order valence-electron chi connectivity index (χ3n) is 6.13. The Kier molecular flexibility index (Phi) is 6.04. The number of fused-ring (bicyclic) bond motifs is 1. The Bertz CT molecular complexity index is 895. The number of aliphatic hydroxyl groups is 1. The van der Waals surface area contributed by atoms with E-state index in [1.165, 1.54) is 10.9 Å². The summed E-state index contributed by atoms with van der Waals surface area (Å²) in [5, 5.41) is 11.4. The highest BCUT2D eigenvalue weighted by atomic mass is 16.3. The molecule has 1 N–H and O–H groups in total. The van der Waals surface area contributed by atoms with Gasteiger partial charge in [-0.05, 0) is 56.3 Å². The van der Waals surface area contributed by atoms with Crippen LogP contribution in [0.5, 0.6) is 0 Å². The van der Waals surface area contributed by atoms with Crippen molar-refractivity contribution in [1.82, 2.24) is 9.88 Å². The Morgan fingerprint density at radius 3 is 2.64 bits per heavy atom. The number of likely N-dealkylation sites (tertiary alicyclic amines) is 1. The zero-order valence-corrected chi connectivity index (χ0v) is 16.6. The first-order valence-corrected chi connectivity index (χ1v) is 10.5. The van der Waals surface area contributed by atoms with Crippen LogP contribution >= 0.6 is 0 Å². The minimum Gasteiger partial charge on any atom is -0.396 e. The molecule has 1 unspecified atom stereocenters. The van der Waals surface area contributed by atoms with Crippen molar-refractivity contribution in [3.05, 3.63) is 78.0 Å². The highest BCUT2D eigenvalue weighted by molar-refractivity contribution is 5.78. The second-order valence-electron chi connectivity index (χ2n) is 8.31. The topological polar surface area (TPSA) is 36.4 Å². The number of para-hydroxylation sites is 1. The molecule has 0 aliphatic carbocycles. The average molecular weight is 375 g/mol. The van der Waals surface area contributed by atoms with Gasteiger partial charge in [0, 0.05) is 30.5 Å². The third kappa shape index (κ3) is 4.60. The van der Waals surface area contributed by atoms with Gasteiger partial charge >= 0.3 is 0 Å². The second kappa shape index (κ2) is 8.85. The van der Waals surface area contributed by atoms with Gasteiger partial charge in [-0.2, -0.15) is 0 Å². The molecule has 0 amide bonds. The number of rotatable bonds is 7. The Morgan fingerprint density at radius 2 is 1.79 bits per heavy atom. The average Bonchev–Trinajstić information content (AvgIpc) is 2.75. The van der Waals surface area contributed by atoms with Crippen LogP contribution in [0.2, 0.25) is 0 Å². The predicted octanol–water partition coefficient (Wildman–Crippen LogP) is 4.83. The van der Waals surface area contributed by atoms with Crippen LogP contribution < -0.4 is 0 Å². The second-order valence-corrected chi connectivity index (χ2v) is 8.31. The number of hydrogen-bond donors (Lipinski definition) is 1. The maximum Gasteiger partial charge on any atom is 0.0705 e. The number of aliphatic hydroxyl groups excluding tert-OH is 1. The molecular weight excluding hydrogens is 344 g/mol. The molecule has 0 radical (unpaired) electrons. The highest BCUT2D eigenvalue weighted by Crippen LogP contribution is 2.35. The van der Waals surface area contributed by atoms with Crippen LogP contribution in [-0.2, 0) is 13.0 Å². The number of benzene rings is 2. The summed E-state index contributed by atoms with van der Waals surface area (Å²) < 4.78 is 0. The molecule has 0 spiro atoms. The monoisotopic (exact) mass is 374 g/mol. The fourth-order valence-corrected chi connectivity index (χ4v) is 4.59. The van der Waals surface area contributed by atoms with Crippen LogP contribution in [0.25, 0.3) is 10.9 Å². The largest absolute Gasteiger partial charge is 0.396 e. The summed E-state index contributed by atoms with van der Waals surface area (Å²) in [5.74, 6) is 0. The standard InChI is InChI=1S/C25H30N2O/c28-20-25(15-6-10-21-8-2-1-3-9-21)16-7-17-27(19-25)18-23-14-13-22-11-4-5-12-24(22)26-23/h1-5,8-9,11-14,28H,6-7,10,15-20H2. The van der Waals surface area contributed by atoms with Crippen LogP contribution in [0.3, 0.4) is 0 Å². The van der Waals surface area contributed by atoms with E-state index < -0.39 is 0 Å². The number of aryl methyl sites for hydroxylation is 1. The first-order chi connectivity index (χ1) is 13.8.